The van der Waals surface area contributed by atoms with E-state index in [0.717, 1.165) is 6.54 Å². The first-order chi connectivity index (χ1) is 12.1. The number of nitrogens with zero attached hydrogens (tertiary/aromatic N) is 1. The second-order valence-electron chi connectivity index (χ2n) is 6.35. The van der Waals surface area contributed by atoms with Gasteiger partial charge in [0.1, 0.15) is 18.5 Å². The number of hydrogen-bond acceptors (Lipinski definition) is 5. The van der Waals surface area contributed by atoms with Crippen LogP contribution in [0.1, 0.15) is 28.8 Å². The van der Waals surface area contributed by atoms with E-state index in [1.165, 1.54) is 18.4 Å². The van der Waals surface area contributed by atoms with Crippen molar-refractivity contribution in [3.8, 4) is 5.75 Å². The first kappa shape index (κ1) is 17.3. The summed E-state index contributed by atoms with van der Waals surface area (Å²) in [6.07, 6.45) is -0.598. The zero-order chi connectivity index (χ0) is 17.8. The summed E-state index contributed by atoms with van der Waals surface area (Å²) >= 11 is 0. The van der Waals surface area contributed by atoms with Crippen LogP contribution in [0.3, 0.4) is 0 Å². The second kappa shape index (κ2) is 7.57. The first-order valence-electron chi connectivity index (χ1n) is 8.41. The molecule has 3 rings (SSSR count). The van der Waals surface area contributed by atoms with Crippen molar-refractivity contribution in [3.05, 3.63) is 59.7 Å². The van der Waals surface area contributed by atoms with Crippen molar-refractivity contribution >= 4 is 11.7 Å². The normalized spacial score (nSPS) is 17.1. The number of benzene rings is 2. The maximum atomic E-state index is 11.4. The van der Waals surface area contributed by atoms with Crippen molar-refractivity contribution in [1.82, 2.24) is 0 Å². The topological polar surface area (TPSA) is 59.0 Å². The molecule has 0 aliphatic carbocycles. The number of rotatable bonds is 6. The monoisotopic (exact) mass is 341 g/mol. The van der Waals surface area contributed by atoms with Gasteiger partial charge >= 0.3 is 5.97 Å². The van der Waals surface area contributed by atoms with Crippen LogP contribution in [0.5, 0.6) is 5.75 Å². The van der Waals surface area contributed by atoms with Crippen molar-refractivity contribution in [2.24, 2.45) is 0 Å². The van der Waals surface area contributed by atoms with Gasteiger partial charge in [-0.15, -0.1) is 0 Å². The molecule has 1 aliphatic heterocycles. The Morgan fingerprint density at radius 3 is 2.68 bits per heavy atom. The quantitative estimate of drug-likeness (QED) is 0.819. The molecule has 5 nitrogen and oxygen atoms in total. The zero-order valence-electron chi connectivity index (χ0n) is 14.5. The highest BCUT2D eigenvalue weighted by atomic mass is 16.5. The van der Waals surface area contributed by atoms with E-state index in [1.807, 2.05) is 6.07 Å². The number of para-hydroxylation sites is 1. The molecule has 0 amide bonds. The van der Waals surface area contributed by atoms with Crippen molar-refractivity contribution < 1.29 is 19.4 Å². The SMILES string of the molecule is COC(=O)c1ccc(OC[C@@H](O)CN2C[C@H](C)c3ccccc32)cc1. The summed E-state index contributed by atoms with van der Waals surface area (Å²) in [7, 11) is 1.35. The second-order valence-corrected chi connectivity index (χ2v) is 6.35. The lowest BCUT2D eigenvalue weighted by Crippen LogP contribution is -2.34. The third-order valence-corrected chi connectivity index (χ3v) is 4.45. The summed E-state index contributed by atoms with van der Waals surface area (Å²) < 4.78 is 10.3. The molecule has 25 heavy (non-hydrogen) atoms. The maximum absolute atomic E-state index is 11.4. The first-order valence-corrected chi connectivity index (χ1v) is 8.41. The number of ether oxygens (including phenoxy) is 2. The Morgan fingerprint density at radius 1 is 1.24 bits per heavy atom. The molecular weight excluding hydrogens is 318 g/mol. The van der Waals surface area contributed by atoms with Gasteiger partial charge in [0.25, 0.3) is 0 Å². The van der Waals surface area contributed by atoms with E-state index in [4.69, 9.17) is 4.74 Å². The van der Waals surface area contributed by atoms with Crippen LogP contribution in [0.25, 0.3) is 0 Å². The molecule has 1 heterocycles. The molecule has 0 bridgehead atoms. The van der Waals surface area contributed by atoms with Crippen LogP contribution in [0.15, 0.2) is 48.5 Å². The van der Waals surface area contributed by atoms with Gasteiger partial charge in [0.2, 0.25) is 0 Å². The fourth-order valence-electron chi connectivity index (χ4n) is 3.20. The number of aliphatic hydroxyl groups excluding tert-OH is 1. The van der Waals surface area contributed by atoms with E-state index < -0.39 is 6.10 Å². The van der Waals surface area contributed by atoms with Gasteiger partial charge in [-0.3, -0.25) is 0 Å². The number of esters is 1. The molecule has 0 aromatic heterocycles. The molecule has 2 atom stereocenters. The molecule has 2 aromatic carbocycles. The highest BCUT2D eigenvalue weighted by Gasteiger charge is 2.26. The molecule has 132 valence electrons. The number of methoxy groups -OCH3 is 1. The minimum atomic E-state index is -0.598. The van der Waals surface area contributed by atoms with Crippen molar-refractivity contribution in [1.29, 1.82) is 0 Å². The Morgan fingerprint density at radius 2 is 1.96 bits per heavy atom. The van der Waals surface area contributed by atoms with Gasteiger partial charge in [-0.25, -0.2) is 4.79 Å². The molecule has 2 aromatic rings. The van der Waals surface area contributed by atoms with Gasteiger partial charge < -0.3 is 19.5 Å². The highest BCUT2D eigenvalue weighted by molar-refractivity contribution is 5.89. The van der Waals surface area contributed by atoms with E-state index in [2.05, 4.69) is 34.8 Å². The Bertz CT molecular complexity index is 729. The minimum absolute atomic E-state index is 0.199. The van der Waals surface area contributed by atoms with Crippen LogP contribution in [-0.2, 0) is 4.74 Å². The average Bonchev–Trinajstić information content (AvgIpc) is 2.96. The van der Waals surface area contributed by atoms with Crippen LogP contribution >= 0.6 is 0 Å². The van der Waals surface area contributed by atoms with E-state index >= 15 is 0 Å². The van der Waals surface area contributed by atoms with E-state index in [1.54, 1.807) is 24.3 Å². The Hall–Kier alpha value is -2.53. The van der Waals surface area contributed by atoms with Gasteiger partial charge in [-0.2, -0.15) is 0 Å². The summed E-state index contributed by atoms with van der Waals surface area (Å²) in [5, 5.41) is 10.3. The summed E-state index contributed by atoms with van der Waals surface area (Å²) in [5.41, 5.74) is 2.99. The lowest BCUT2D eigenvalue weighted by Gasteiger charge is -2.23. The van der Waals surface area contributed by atoms with Gasteiger partial charge in [-0.1, -0.05) is 25.1 Å². The van der Waals surface area contributed by atoms with Gasteiger partial charge in [0.15, 0.2) is 0 Å². The Balaban J connectivity index is 1.54. The molecule has 5 heteroatoms. The average molecular weight is 341 g/mol. The Kier molecular flexibility index (Phi) is 5.24. The number of carbonyl (C=O) groups is 1. The largest absolute Gasteiger partial charge is 0.491 e. The summed E-state index contributed by atoms with van der Waals surface area (Å²) in [5.74, 6) is 0.700. The number of aliphatic hydroxyl groups is 1. The standard InChI is InChI=1S/C20H23NO4/c1-14-11-21(19-6-4-3-5-18(14)19)12-16(22)13-25-17-9-7-15(8-10-17)20(23)24-2/h3-10,14,16,22H,11-13H2,1-2H3/t14-,16-/m0/s1. The number of fused-ring (bicyclic) bond motifs is 1. The van der Waals surface area contributed by atoms with Gasteiger partial charge in [-0.05, 0) is 35.9 Å². The third-order valence-electron chi connectivity index (χ3n) is 4.45. The molecule has 1 N–H and O–H groups in total. The van der Waals surface area contributed by atoms with Crippen molar-refractivity contribution in [2.75, 3.05) is 31.7 Å². The predicted octanol–water partition coefficient (Wildman–Crippen LogP) is 2.84. The number of anilines is 1. The van der Waals surface area contributed by atoms with Crippen LogP contribution in [0, 0.1) is 0 Å². The van der Waals surface area contributed by atoms with Gasteiger partial charge in [0.05, 0.1) is 12.7 Å². The van der Waals surface area contributed by atoms with E-state index in [9.17, 15) is 9.90 Å². The molecule has 0 unspecified atom stereocenters. The third kappa shape index (κ3) is 3.94. The van der Waals surface area contributed by atoms with Gasteiger partial charge in [0, 0.05) is 24.7 Å². The maximum Gasteiger partial charge on any atom is 0.337 e. The summed E-state index contributed by atoms with van der Waals surface area (Å²) in [6, 6.07) is 15.0. The Labute approximate surface area is 147 Å². The predicted molar refractivity (Wildman–Crippen MR) is 96.4 cm³/mol. The minimum Gasteiger partial charge on any atom is -0.491 e. The molecule has 0 saturated heterocycles. The lowest BCUT2D eigenvalue weighted by molar-refractivity contribution is 0.0600. The summed E-state index contributed by atoms with van der Waals surface area (Å²) in [6.45, 7) is 3.83. The highest BCUT2D eigenvalue weighted by Crippen LogP contribution is 2.35. The molecule has 1 aliphatic rings. The van der Waals surface area contributed by atoms with Crippen LogP contribution in [0.2, 0.25) is 0 Å². The molecule has 0 fully saturated rings. The zero-order valence-corrected chi connectivity index (χ0v) is 14.5. The number of β-amino-alcohol motifs (C(OH)–C–C–N with tert-alkyl or cyclic N) is 1. The van der Waals surface area contributed by atoms with Crippen LogP contribution in [-0.4, -0.2) is 44.0 Å². The van der Waals surface area contributed by atoms with Crippen LogP contribution in [0.4, 0.5) is 5.69 Å². The van der Waals surface area contributed by atoms with Crippen LogP contribution < -0.4 is 9.64 Å². The number of carbonyl (C=O) groups excluding carboxylic acids is 1. The fourth-order valence-corrected chi connectivity index (χ4v) is 3.20. The summed E-state index contributed by atoms with van der Waals surface area (Å²) in [4.78, 5) is 13.6. The fraction of sp³-hybridized carbons (Fsp3) is 0.350. The molecule has 0 spiro atoms. The molecule has 0 radical (unpaired) electrons. The lowest BCUT2D eigenvalue weighted by atomic mass is 10.0. The van der Waals surface area contributed by atoms with Crippen molar-refractivity contribution in [2.45, 2.75) is 18.9 Å². The molecule has 0 saturated carbocycles. The van der Waals surface area contributed by atoms with E-state index in [-0.39, 0.29) is 12.6 Å². The number of hydrogen-bond donors (Lipinski definition) is 1. The van der Waals surface area contributed by atoms with Crippen molar-refractivity contribution in [3.63, 3.8) is 0 Å². The van der Waals surface area contributed by atoms with E-state index in [0.29, 0.717) is 23.8 Å². The smallest absolute Gasteiger partial charge is 0.337 e. The molecular formula is C20H23NO4.